The average Bonchev–Trinajstić information content (AvgIpc) is 2.39. The molecular formula is C10H18O8. The highest BCUT2D eigenvalue weighted by molar-refractivity contribution is 5.77. The molecule has 0 rings (SSSR count). The van der Waals surface area contributed by atoms with Gasteiger partial charge in [-0.2, -0.15) is 0 Å². The lowest BCUT2D eigenvalue weighted by Crippen LogP contribution is -2.26. The van der Waals surface area contributed by atoms with Gasteiger partial charge in [0.1, 0.15) is 13.2 Å². The predicted octanol–water partition coefficient (Wildman–Crippen LogP) is -1.22. The quantitative estimate of drug-likeness (QED) is 0.394. The molecule has 0 aliphatic carbocycles. The van der Waals surface area contributed by atoms with Gasteiger partial charge in [-0.05, 0) is 0 Å². The smallest absolute Gasteiger partial charge is 0.308 e. The highest BCUT2D eigenvalue weighted by Gasteiger charge is 2.16. The van der Waals surface area contributed by atoms with Crippen LogP contribution in [0.1, 0.15) is 12.8 Å². The highest BCUT2D eigenvalue weighted by Crippen LogP contribution is 2.02. The minimum atomic E-state index is -1.04. The van der Waals surface area contributed by atoms with Crippen LogP contribution in [-0.4, -0.2) is 62.2 Å². The minimum Gasteiger partial charge on any atom is -0.433 e. The molecule has 0 saturated carbocycles. The van der Waals surface area contributed by atoms with Gasteiger partial charge in [-0.25, -0.2) is 0 Å². The standard InChI is InChI=1S/C10H18O8/c1-15-9(5-11)17-7(13)3-4-8(14)18-10(6-12)16-2/h9-12H,3-6H2,1-2H3. The zero-order chi connectivity index (χ0) is 14.0. The summed E-state index contributed by atoms with van der Waals surface area (Å²) in [6.07, 6.45) is -2.53. The molecular weight excluding hydrogens is 248 g/mol. The van der Waals surface area contributed by atoms with E-state index in [0.717, 1.165) is 0 Å². The van der Waals surface area contributed by atoms with E-state index in [0.29, 0.717) is 0 Å². The van der Waals surface area contributed by atoms with E-state index in [9.17, 15) is 9.59 Å². The monoisotopic (exact) mass is 266 g/mol. The van der Waals surface area contributed by atoms with Crippen molar-refractivity contribution in [3.05, 3.63) is 0 Å². The number of carbonyl (C=O) groups is 2. The Hall–Kier alpha value is -1.22. The van der Waals surface area contributed by atoms with Crippen molar-refractivity contribution in [2.45, 2.75) is 25.4 Å². The molecule has 0 radical (unpaired) electrons. The molecule has 2 N–H and O–H groups in total. The van der Waals surface area contributed by atoms with Crippen LogP contribution in [0.5, 0.6) is 0 Å². The fraction of sp³-hybridized carbons (Fsp3) is 0.800. The molecule has 2 unspecified atom stereocenters. The Labute approximate surface area is 104 Å². The Morgan fingerprint density at radius 2 is 1.22 bits per heavy atom. The number of esters is 2. The molecule has 0 fully saturated rings. The Bertz CT molecular complexity index is 220. The van der Waals surface area contributed by atoms with E-state index in [1.54, 1.807) is 0 Å². The van der Waals surface area contributed by atoms with E-state index in [2.05, 4.69) is 18.9 Å². The lowest BCUT2D eigenvalue weighted by Gasteiger charge is -2.14. The molecule has 0 aromatic carbocycles. The van der Waals surface area contributed by atoms with Gasteiger partial charge in [0.15, 0.2) is 0 Å². The van der Waals surface area contributed by atoms with E-state index in [-0.39, 0.29) is 12.8 Å². The van der Waals surface area contributed by atoms with Gasteiger partial charge >= 0.3 is 11.9 Å². The maximum Gasteiger partial charge on any atom is 0.308 e. The number of ether oxygens (including phenoxy) is 4. The lowest BCUT2D eigenvalue weighted by molar-refractivity contribution is -0.186. The number of hydrogen-bond donors (Lipinski definition) is 2. The summed E-state index contributed by atoms with van der Waals surface area (Å²) in [4.78, 5) is 22.4. The molecule has 8 nitrogen and oxygen atoms in total. The number of carbonyl (C=O) groups excluding carboxylic acids is 2. The van der Waals surface area contributed by atoms with Crippen LogP contribution in [0.25, 0.3) is 0 Å². The predicted molar refractivity (Wildman–Crippen MR) is 57.2 cm³/mol. The third kappa shape index (κ3) is 7.17. The molecule has 8 heteroatoms. The Morgan fingerprint density at radius 3 is 1.44 bits per heavy atom. The molecule has 0 saturated heterocycles. The number of aliphatic hydroxyl groups excluding tert-OH is 2. The third-order valence-corrected chi connectivity index (χ3v) is 1.88. The lowest BCUT2D eigenvalue weighted by atomic mass is 10.3. The minimum absolute atomic E-state index is 0.222. The summed E-state index contributed by atoms with van der Waals surface area (Å²) < 4.78 is 18.5. The van der Waals surface area contributed by atoms with Crippen LogP contribution in [-0.2, 0) is 28.5 Å². The van der Waals surface area contributed by atoms with E-state index >= 15 is 0 Å². The molecule has 0 aliphatic heterocycles. The van der Waals surface area contributed by atoms with Crippen LogP contribution >= 0.6 is 0 Å². The van der Waals surface area contributed by atoms with E-state index in [4.69, 9.17) is 10.2 Å². The molecule has 18 heavy (non-hydrogen) atoms. The second-order valence-electron chi connectivity index (χ2n) is 3.18. The van der Waals surface area contributed by atoms with Crippen molar-refractivity contribution in [2.24, 2.45) is 0 Å². The third-order valence-electron chi connectivity index (χ3n) is 1.88. The van der Waals surface area contributed by atoms with Gasteiger partial charge < -0.3 is 29.2 Å². The van der Waals surface area contributed by atoms with Crippen LogP contribution in [0.4, 0.5) is 0 Å². The molecule has 106 valence electrons. The second kappa shape index (κ2) is 9.77. The van der Waals surface area contributed by atoms with Gasteiger partial charge in [0.2, 0.25) is 12.6 Å². The average molecular weight is 266 g/mol. The Morgan fingerprint density at radius 1 is 0.889 bits per heavy atom. The summed E-state index contributed by atoms with van der Waals surface area (Å²) in [6, 6.07) is 0. The summed E-state index contributed by atoms with van der Waals surface area (Å²) in [5, 5.41) is 17.4. The van der Waals surface area contributed by atoms with E-state index in [1.807, 2.05) is 0 Å². The number of methoxy groups -OCH3 is 2. The molecule has 0 aliphatic rings. The van der Waals surface area contributed by atoms with Crippen LogP contribution in [0, 0.1) is 0 Å². The van der Waals surface area contributed by atoms with Crippen molar-refractivity contribution in [3.8, 4) is 0 Å². The van der Waals surface area contributed by atoms with Crippen molar-refractivity contribution >= 4 is 11.9 Å². The van der Waals surface area contributed by atoms with Gasteiger partial charge in [-0.15, -0.1) is 0 Å². The maximum atomic E-state index is 11.2. The van der Waals surface area contributed by atoms with Crippen LogP contribution in [0.3, 0.4) is 0 Å². The Kier molecular flexibility index (Phi) is 9.11. The first-order chi connectivity index (χ1) is 8.57. The summed E-state index contributed by atoms with van der Waals surface area (Å²) in [5.41, 5.74) is 0. The van der Waals surface area contributed by atoms with E-state index in [1.165, 1.54) is 14.2 Å². The summed E-state index contributed by atoms with van der Waals surface area (Å²) in [5.74, 6) is -1.41. The topological polar surface area (TPSA) is 112 Å². The molecule has 0 heterocycles. The number of hydrogen-bond acceptors (Lipinski definition) is 8. The first kappa shape index (κ1) is 16.8. The highest BCUT2D eigenvalue weighted by atomic mass is 16.7. The van der Waals surface area contributed by atoms with Gasteiger partial charge in [0.05, 0.1) is 12.8 Å². The van der Waals surface area contributed by atoms with Crippen molar-refractivity contribution in [2.75, 3.05) is 27.4 Å². The molecule has 0 aromatic rings. The summed E-state index contributed by atoms with van der Waals surface area (Å²) >= 11 is 0. The SMILES string of the molecule is COC(CO)OC(=O)CCC(=O)OC(CO)OC. The Balaban J connectivity index is 3.87. The van der Waals surface area contributed by atoms with Gasteiger partial charge in [0, 0.05) is 14.2 Å². The second-order valence-corrected chi connectivity index (χ2v) is 3.18. The van der Waals surface area contributed by atoms with Crippen molar-refractivity contribution in [1.29, 1.82) is 0 Å². The van der Waals surface area contributed by atoms with Crippen molar-refractivity contribution < 1.29 is 38.7 Å². The molecule has 0 bridgehead atoms. The van der Waals surface area contributed by atoms with Crippen molar-refractivity contribution in [3.63, 3.8) is 0 Å². The first-order valence-electron chi connectivity index (χ1n) is 5.23. The fourth-order valence-corrected chi connectivity index (χ4v) is 0.935. The van der Waals surface area contributed by atoms with E-state index < -0.39 is 37.7 Å². The number of rotatable bonds is 9. The first-order valence-corrected chi connectivity index (χ1v) is 5.23. The summed E-state index contributed by atoms with van der Waals surface area (Å²) in [7, 11) is 2.54. The molecule has 0 amide bonds. The van der Waals surface area contributed by atoms with Gasteiger partial charge in [-0.3, -0.25) is 9.59 Å². The molecule has 0 aromatic heterocycles. The van der Waals surface area contributed by atoms with Gasteiger partial charge in [0.25, 0.3) is 0 Å². The molecule has 0 spiro atoms. The summed E-state index contributed by atoms with van der Waals surface area (Å²) in [6.45, 7) is -0.939. The maximum absolute atomic E-state index is 11.2. The zero-order valence-corrected chi connectivity index (χ0v) is 10.3. The zero-order valence-electron chi connectivity index (χ0n) is 10.3. The molecule has 2 atom stereocenters. The fourth-order valence-electron chi connectivity index (χ4n) is 0.935. The van der Waals surface area contributed by atoms with Crippen molar-refractivity contribution in [1.82, 2.24) is 0 Å². The van der Waals surface area contributed by atoms with Crippen LogP contribution < -0.4 is 0 Å². The van der Waals surface area contributed by atoms with Crippen LogP contribution in [0.15, 0.2) is 0 Å². The van der Waals surface area contributed by atoms with Gasteiger partial charge in [-0.1, -0.05) is 0 Å². The largest absolute Gasteiger partial charge is 0.433 e. The van der Waals surface area contributed by atoms with Crippen LogP contribution in [0.2, 0.25) is 0 Å². The number of aliphatic hydroxyl groups is 2. The normalized spacial score (nSPS) is 13.8.